The van der Waals surface area contributed by atoms with E-state index in [4.69, 9.17) is 9.05 Å². The van der Waals surface area contributed by atoms with Crippen molar-refractivity contribution in [2.45, 2.75) is 19.5 Å². The zero-order valence-corrected chi connectivity index (χ0v) is 18.6. The van der Waals surface area contributed by atoms with Gasteiger partial charge in [-0.05, 0) is 48.0 Å². The van der Waals surface area contributed by atoms with E-state index in [0.717, 1.165) is 11.3 Å². The fourth-order valence-corrected chi connectivity index (χ4v) is 5.71. The number of carbonyl (C=O) groups excluding carboxylic acids is 1. The second-order valence-corrected chi connectivity index (χ2v) is 9.04. The zero-order valence-electron chi connectivity index (χ0n) is 15.3. The molecule has 0 unspecified atom stereocenters. The first-order valence-electron chi connectivity index (χ1n) is 8.13. The summed E-state index contributed by atoms with van der Waals surface area (Å²) >= 11 is 4.23. The van der Waals surface area contributed by atoms with Gasteiger partial charge in [0.25, 0.3) is 14.3 Å². The Labute approximate surface area is 170 Å². The maximum atomic E-state index is 15.0. The molecule has 148 valence electrons. The number of nitrogens with zero attached hydrogens (tertiary/aromatic N) is 2. The molecule has 1 aromatic heterocycles. The standard InChI is InChI=1S/C17H20BrF2N2O3PS/c1-5-24-26(25-6-2)17(19,20)15-14(18)12-9-11(7-8-13(12)27-15)16(23)21-10-22(3)4/h7-10H,5-6H2,1-4H3. The quantitative estimate of drug-likeness (QED) is 0.271. The van der Waals surface area contributed by atoms with Gasteiger partial charge in [0, 0.05) is 34.2 Å². The van der Waals surface area contributed by atoms with E-state index in [1.807, 2.05) is 0 Å². The largest absolute Gasteiger partial charge is 0.369 e. The van der Waals surface area contributed by atoms with Crippen molar-refractivity contribution in [3.63, 3.8) is 0 Å². The van der Waals surface area contributed by atoms with E-state index < -0.39 is 19.9 Å². The lowest BCUT2D eigenvalue weighted by Crippen LogP contribution is -2.13. The first-order chi connectivity index (χ1) is 12.7. The van der Waals surface area contributed by atoms with E-state index in [1.165, 1.54) is 6.34 Å². The molecule has 27 heavy (non-hydrogen) atoms. The third-order valence-electron chi connectivity index (χ3n) is 3.28. The molecule has 0 aliphatic carbocycles. The molecule has 0 spiro atoms. The van der Waals surface area contributed by atoms with Crippen molar-refractivity contribution >= 4 is 58.0 Å². The molecule has 0 radical (unpaired) electrons. The van der Waals surface area contributed by atoms with Gasteiger partial charge in [-0.2, -0.15) is 13.8 Å². The van der Waals surface area contributed by atoms with Crippen LogP contribution in [0.3, 0.4) is 0 Å². The highest BCUT2D eigenvalue weighted by molar-refractivity contribution is 9.10. The molecule has 0 bridgehead atoms. The van der Waals surface area contributed by atoms with E-state index in [-0.39, 0.29) is 22.6 Å². The average Bonchev–Trinajstić information content (AvgIpc) is 2.96. The van der Waals surface area contributed by atoms with Crippen LogP contribution in [0.5, 0.6) is 0 Å². The fraction of sp³-hybridized carbons (Fsp3) is 0.412. The number of hydrogen-bond acceptors (Lipinski definition) is 4. The van der Waals surface area contributed by atoms with Crippen molar-refractivity contribution in [2.75, 3.05) is 27.3 Å². The maximum absolute atomic E-state index is 15.0. The van der Waals surface area contributed by atoms with E-state index in [9.17, 15) is 4.79 Å². The Balaban J connectivity index is 2.45. The van der Waals surface area contributed by atoms with Gasteiger partial charge in [-0.25, -0.2) is 0 Å². The molecule has 1 aromatic carbocycles. The first kappa shape index (κ1) is 22.3. The van der Waals surface area contributed by atoms with Crippen molar-refractivity contribution < 1.29 is 22.6 Å². The van der Waals surface area contributed by atoms with Crippen molar-refractivity contribution in [1.82, 2.24) is 4.90 Å². The van der Waals surface area contributed by atoms with Crippen molar-refractivity contribution in [3.8, 4) is 0 Å². The molecular weight excluding hydrogens is 461 g/mol. The monoisotopic (exact) mass is 480 g/mol. The number of carbonyl (C=O) groups is 1. The summed E-state index contributed by atoms with van der Waals surface area (Å²) in [5.41, 5.74) is -2.96. The molecule has 0 atom stereocenters. The topological polar surface area (TPSA) is 51.1 Å². The van der Waals surface area contributed by atoms with Crippen molar-refractivity contribution in [2.24, 2.45) is 4.99 Å². The summed E-state index contributed by atoms with van der Waals surface area (Å²) in [4.78, 5) is 17.5. The van der Waals surface area contributed by atoms with Crippen LogP contribution in [0, 0.1) is 0 Å². The molecular formula is C17H20BrF2N2O3PS. The van der Waals surface area contributed by atoms with E-state index in [2.05, 4.69) is 20.9 Å². The van der Waals surface area contributed by atoms with Gasteiger partial charge >= 0.3 is 5.66 Å². The van der Waals surface area contributed by atoms with Crippen LogP contribution in [0.25, 0.3) is 10.1 Å². The molecule has 2 aromatic rings. The van der Waals surface area contributed by atoms with Gasteiger partial charge in [-0.3, -0.25) is 4.79 Å². The van der Waals surface area contributed by atoms with E-state index >= 15 is 8.78 Å². The zero-order chi connectivity index (χ0) is 20.2. The molecule has 0 aliphatic rings. The van der Waals surface area contributed by atoms with Gasteiger partial charge in [0.1, 0.15) is 0 Å². The molecule has 0 aliphatic heterocycles. The highest BCUT2D eigenvalue weighted by Gasteiger charge is 2.47. The van der Waals surface area contributed by atoms with Gasteiger partial charge in [0.05, 0.1) is 24.4 Å². The number of halogens is 3. The summed E-state index contributed by atoms with van der Waals surface area (Å²) < 4.78 is 41.3. The predicted octanol–water partition coefficient (Wildman–Crippen LogP) is 5.83. The minimum Gasteiger partial charge on any atom is -0.369 e. The molecule has 10 heteroatoms. The molecule has 0 saturated heterocycles. The Hall–Kier alpha value is -0.990. The number of hydrogen-bond donors (Lipinski definition) is 0. The van der Waals surface area contributed by atoms with Crippen LogP contribution in [0.15, 0.2) is 27.7 Å². The van der Waals surface area contributed by atoms with Crippen LogP contribution in [0.2, 0.25) is 0 Å². The normalized spacial score (nSPS) is 12.4. The number of benzene rings is 1. The van der Waals surface area contributed by atoms with Gasteiger partial charge in [0.15, 0.2) is 0 Å². The minimum absolute atomic E-state index is 0.131. The van der Waals surface area contributed by atoms with Crippen LogP contribution in [-0.2, 0) is 14.7 Å². The number of amides is 1. The summed E-state index contributed by atoms with van der Waals surface area (Å²) in [5, 5.41) is 0.531. The molecule has 2 rings (SSSR count). The van der Waals surface area contributed by atoms with E-state index in [0.29, 0.717) is 15.6 Å². The van der Waals surface area contributed by atoms with Gasteiger partial charge < -0.3 is 13.9 Å². The van der Waals surface area contributed by atoms with Gasteiger partial charge in [0.2, 0.25) is 0 Å². The Morgan fingerprint density at radius 1 is 1.33 bits per heavy atom. The first-order valence-corrected chi connectivity index (χ1v) is 10.9. The minimum atomic E-state index is -3.28. The highest BCUT2D eigenvalue weighted by Crippen LogP contribution is 2.63. The smallest absolute Gasteiger partial charge is 0.349 e. The number of fused-ring (bicyclic) bond motifs is 1. The number of thiophene rings is 1. The van der Waals surface area contributed by atoms with Crippen LogP contribution < -0.4 is 0 Å². The Bertz CT molecular complexity index is 839. The maximum Gasteiger partial charge on any atom is 0.349 e. The lowest BCUT2D eigenvalue weighted by atomic mass is 10.1. The van der Waals surface area contributed by atoms with Crippen LogP contribution in [-0.4, -0.2) is 44.5 Å². The second-order valence-electron chi connectivity index (χ2n) is 5.60. The molecule has 0 fully saturated rings. The SMILES string of the molecule is CCOP(OCC)C(F)(F)c1sc2ccc(C(=O)N=CN(C)C)cc2c1Br. The summed E-state index contributed by atoms with van der Waals surface area (Å²) in [6.45, 7) is 3.56. The summed E-state index contributed by atoms with van der Waals surface area (Å²) in [7, 11) is 1.08. The van der Waals surface area contributed by atoms with Gasteiger partial charge in [-0.15, -0.1) is 11.3 Å². The molecule has 1 heterocycles. The molecule has 0 saturated carbocycles. The number of aliphatic imine (C=N–C) groups is 1. The van der Waals surface area contributed by atoms with Crippen LogP contribution in [0.1, 0.15) is 29.1 Å². The third-order valence-corrected chi connectivity index (χ3v) is 7.42. The Kier molecular flexibility index (Phi) is 7.83. The molecule has 0 N–H and O–H groups in total. The average molecular weight is 481 g/mol. The molecule has 1 amide bonds. The summed E-state index contributed by atoms with van der Waals surface area (Å²) in [6, 6.07) is 4.79. The Morgan fingerprint density at radius 2 is 1.96 bits per heavy atom. The summed E-state index contributed by atoms with van der Waals surface area (Å²) in [5.74, 6) is -0.442. The lowest BCUT2D eigenvalue weighted by molar-refractivity contribution is 0.0600. The second kappa shape index (κ2) is 9.47. The molecule has 5 nitrogen and oxygen atoms in total. The van der Waals surface area contributed by atoms with Gasteiger partial charge in [-0.1, -0.05) is 0 Å². The van der Waals surface area contributed by atoms with Crippen LogP contribution >= 0.6 is 35.6 Å². The fourth-order valence-electron chi connectivity index (χ4n) is 2.15. The number of alkyl halides is 2. The number of rotatable bonds is 8. The summed E-state index contributed by atoms with van der Waals surface area (Å²) in [6.07, 6.45) is 1.39. The predicted molar refractivity (Wildman–Crippen MR) is 110 cm³/mol. The highest BCUT2D eigenvalue weighted by atomic mass is 79.9. The van der Waals surface area contributed by atoms with Crippen LogP contribution in [0.4, 0.5) is 8.78 Å². The van der Waals surface area contributed by atoms with E-state index in [1.54, 1.807) is 51.0 Å². The van der Waals surface area contributed by atoms with Crippen molar-refractivity contribution in [3.05, 3.63) is 33.1 Å². The third kappa shape index (κ3) is 5.09. The van der Waals surface area contributed by atoms with Crippen molar-refractivity contribution in [1.29, 1.82) is 0 Å². The lowest BCUT2D eigenvalue weighted by Gasteiger charge is -2.24. The Morgan fingerprint density at radius 3 is 2.52 bits per heavy atom.